The Kier molecular flexibility index (Phi) is 6.87. The Bertz CT molecular complexity index is 771. The molecule has 150 valence electrons. The molecular weight excluding hydrogens is 354 g/mol. The summed E-state index contributed by atoms with van der Waals surface area (Å²) in [6.45, 7) is 1.03. The van der Waals surface area contributed by atoms with Crippen molar-refractivity contribution in [3.05, 3.63) is 48.2 Å². The molecule has 1 aromatic heterocycles. The molecule has 6 nitrogen and oxygen atoms in total. The monoisotopic (exact) mass is 383 g/mol. The van der Waals surface area contributed by atoms with Crippen LogP contribution < -0.4 is 20.5 Å². The van der Waals surface area contributed by atoms with Crippen LogP contribution in [0.3, 0.4) is 0 Å². The Balaban J connectivity index is 1.50. The van der Waals surface area contributed by atoms with Gasteiger partial charge in [0.1, 0.15) is 11.5 Å². The molecule has 0 aliphatic heterocycles. The number of carbonyl (C=O) groups is 1. The lowest BCUT2D eigenvalue weighted by Crippen LogP contribution is -2.38. The number of carbonyl (C=O) groups excluding carboxylic acids is 1. The molecule has 1 fully saturated rings. The van der Waals surface area contributed by atoms with Gasteiger partial charge >= 0.3 is 0 Å². The molecule has 0 saturated heterocycles. The molecule has 1 aromatic carbocycles. The maximum absolute atomic E-state index is 12.4. The fraction of sp³-hybridized carbons (Fsp3) is 0.455. The molecule has 28 heavy (non-hydrogen) atoms. The summed E-state index contributed by atoms with van der Waals surface area (Å²) in [5.41, 5.74) is 6.89. The summed E-state index contributed by atoms with van der Waals surface area (Å²) in [6.07, 6.45) is 7.91. The third-order valence-corrected chi connectivity index (χ3v) is 5.43. The maximum Gasteiger partial charge on any atom is 0.220 e. The fourth-order valence-corrected chi connectivity index (χ4v) is 3.72. The first-order valence-electron chi connectivity index (χ1n) is 9.86. The van der Waals surface area contributed by atoms with Crippen molar-refractivity contribution in [3.63, 3.8) is 0 Å². The second kappa shape index (κ2) is 9.55. The molecule has 3 N–H and O–H groups in total. The van der Waals surface area contributed by atoms with Crippen LogP contribution in [-0.2, 0) is 11.3 Å². The summed E-state index contributed by atoms with van der Waals surface area (Å²) in [5.74, 6) is 1.94. The van der Waals surface area contributed by atoms with E-state index in [4.69, 9.17) is 15.2 Å². The Labute approximate surface area is 166 Å². The highest BCUT2D eigenvalue weighted by molar-refractivity contribution is 5.76. The molecule has 2 aromatic rings. The van der Waals surface area contributed by atoms with E-state index in [1.54, 1.807) is 25.4 Å². The number of rotatable bonds is 8. The van der Waals surface area contributed by atoms with Gasteiger partial charge in [0.05, 0.1) is 7.11 Å². The second-order valence-corrected chi connectivity index (χ2v) is 7.50. The topological polar surface area (TPSA) is 86.5 Å². The first-order valence-corrected chi connectivity index (χ1v) is 9.86. The second-order valence-electron chi connectivity index (χ2n) is 7.50. The standard InChI is InChI=1S/C22H29N3O3/c1-27-18-6-5-7-19(12-18)28-21-9-8-17(15-25-21)14-24-20(26)13-22(16-23)10-3-2-4-11-22/h5-9,12,15H,2-4,10-11,13-14,16,23H2,1H3,(H,24,26). The summed E-state index contributed by atoms with van der Waals surface area (Å²) in [4.78, 5) is 16.7. The highest BCUT2D eigenvalue weighted by atomic mass is 16.5. The van der Waals surface area contributed by atoms with E-state index in [0.29, 0.717) is 31.1 Å². The van der Waals surface area contributed by atoms with Crippen molar-refractivity contribution >= 4 is 5.91 Å². The number of aromatic nitrogens is 1. The summed E-state index contributed by atoms with van der Waals surface area (Å²) < 4.78 is 10.9. The minimum absolute atomic E-state index is 0.0188. The molecule has 1 aliphatic rings. The smallest absolute Gasteiger partial charge is 0.220 e. The van der Waals surface area contributed by atoms with Crippen molar-refractivity contribution < 1.29 is 14.3 Å². The lowest BCUT2D eigenvalue weighted by atomic mass is 9.71. The zero-order valence-corrected chi connectivity index (χ0v) is 16.4. The molecule has 0 bridgehead atoms. The van der Waals surface area contributed by atoms with Crippen LogP contribution >= 0.6 is 0 Å². The van der Waals surface area contributed by atoms with E-state index in [9.17, 15) is 4.79 Å². The van der Waals surface area contributed by atoms with Crippen LogP contribution in [0.25, 0.3) is 0 Å². The number of hydrogen-bond donors (Lipinski definition) is 2. The highest BCUT2D eigenvalue weighted by Gasteiger charge is 2.32. The van der Waals surface area contributed by atoms with Crippen LogP contribution in [0.2, 0.25) is 0 Å². The average molecular weight is 383 g/mol. The van der Waals surface area contributed by atoms with Gasteiger partial charge in [-0.15, -0.1) is 0 Å². The van der Waals surface area contributed by atoms with Crippen LogP contribution in [0.5, 0.6) is 17.4 Å². The van der Waals surface area contributed by atoms with E-state index < -0.39 is 0 Å². The largest absolute Gasteiger partial charge is 0.497 e. The van der Waals surface area contributed by atoms with Crippen molar-refractivity contribution in [2.24, 2.45) is 11.1 Å². The van der Waals surface area contributed by atoms with E-state index in [0.717, 1.165) is 24.2 Å². The van der Waals surface area contributed by atoms with Gasteiger partial charge in [-0.3, -0.25) is 4.79 Å². The lowest BCUT2D eigenvalue weighted by molar-refractivity contribution is -0.124. The average Bonchev–Trinajstić information content (AvgIpc) is 2.74. The van der Waals surface area contributed by atoms with Gasteiger partial charge in [-0.05, 0) is 42.5 Å². The number of pyridine rings is 1. The molecule has 1 aliphatic carbocycles. The number of nitrogens with zero attached hydrogens (tertiary/aromatic N) is 1. The summed E-state index contributed by atoms with van der Waals surface area (Å²) in [7, 11) is 1.62. The Hall–Kier alpha value is -2.60. The van der Waals surface area contributed by atoms with Gasteiger partial charge in [-0.1, -0.05) is 31.4 Å². The van der Waals surface area contributed by atoms with Crippen LogP contribution in [-0.4, -0.2) is 24.5 Å². The zero-order chi connectivity index (χ0) is 19.8. The van der Waals surface area contributed by atoms with E-state index in [1.165, 1.54) is 19.3 Å². The van der Waals surface area contributed by atoms with E-state index in [1.807, 2.05) is 24.3 Å². The molecule has 0 unspecified atom stereocenters. The SMILES string of the molecule is COc1cccc(Oc2ccc(CNC(=O)CC3(CN)CCCCC3)cn2)c1. The van der Waals surface area contributed by atoms with Crippen molar-refractivity contribution in [1.29, 1.82) is 0 Å². The van der Waals surface area contributed by atoms with Crippen LogP contribution in [0.1, 0.15) is 44.1 Å². The summed E-state index contributed by atoms with van der Waals surface area (Å²) in [5, 5.41) is 3.00. The number of hydrogen-bond acceptors (Lipinski definition) is 5. The molecule has 1 amide bonds. The Morgan fingerprint density at radius 1 is 1.18 bits per heavy atom. The molecule has 3 rings (SSSR count). The fourth-order valence-electron chi connectivity index (χ4n) is 3.72. The molecular formula is C22H29N3O3. The predicted molar refractivity (Wildman–Crippen MR) is 108 cm³/mol. The van der Waals surface area contributed by atoms with Gasteiger partial charge in [0.15, 0.2) is 0 Å². The van der Waals surface area contributed by atoms with Crippen molar-refractivity contribution in [2.45, 2.75) is 45.1 Å². The van der Waals surface area contributed by atoms with Crippen molar-refractivity contribution in [3.8, 4) is 17.4 Å². The quantitative estimate of drug-likeness (QED) is 0.724. The number of nitrogens with two attached hydrogens (primary N) is 1. The predicted octanol–water partition coefficient (Wildman–Crippen LogP) is 3.80. The van der Waals surface area contributed by atoms with Crippen LogP contribution in [0.4, 0.5) is 0 Å². The summed E-state index contributed by atoms with van der Waals surface area (Å²) in [6, 6.07) is 11.1. The van der Waals surface area contributed by atoms with Crippen LogP contribution in [0, 0.1) is 5.41 Å². The van der Waals surface area contributed by atoms with Gasteiger partial charge < -0.3 is 20.5 Å². The van der Waals surface area contributed by atoms with Crippen LogP contribution in [0.15, 0.2) is 42.6 Å². The first kappa shape index (κ1) is 20.1. The van der Waals surface area contributed by atoms with Gasteiger partial charge in [0.2, 0.25) is 11.8 Å². The molecule has 6 heteroatoms. The third-order valence-electron chi connectivity index (χ3n) is 5.43. The number of ether oxygens (including phenoxy) is 2. The molecule has 1 saturated carbocycles. The summed E-state index contributed by atoms with van der Waals surface area (Å²) >= 11 is 0. The normalized spacial score (nSPS) is 15.6. The third kappa shape index (κ3) is 5.45. The lowest BCUT2D eigenvalue weighted by Gasteiger charge is -2.35. The molecule has 1 heterocycles. The van der Waals surface area contributed by atoms with Gasteiger partial charge in [0, 0.05) is 31.3 Å². The minimum atomic E-state index is -0.0188. The van der Waals surface area contributed by atoms with Gasteiger partial charge in [-0.25, -0.2) is 4.98 Å². The number of amides is 1. The Morgan fingerprint density at radius 2 is 1.96 bits per heavy atom. The number of methoxy groups -OCH3 is 1. The molecule has 0 atom stereocenters. The van der Waals surface area contributed by atoms with E-state index in [-0.39, 0.29) is 11.3 Å². The van der Waals surface area contributed by atoms with E-state index in [2.05, 4.69) is 10.3 Å². The van der Waals surface area contributed by atoms with Gasteiger partial charge in [0.25, 0.3) is 0 Å². The zero-order valence-electron chi connectivity index (χ0n) is 16.4. The Morgan fingerprint density at radius 3 is 2.64 bits per heavy atom. The van der Waals surface area contributed by atoms with Crippen molar-refractivity contribution in [2.75, 3.05) is 13.7 Å². The van der Waals surface area contributed by atoms with Crippen molar-refractivity contribution in [1.82, 2.24) is 10.3 Å². The first-order chi connectivity index (χ1) is 13.6. The molecule has 0 spiro atoms. The molecule has 0 radical (unpaired) electrons. The number of nitrogens with one attached hydrogen (secondary N) is 1. The highest BCUT2D eigenvalue weighted by Crippen LogP contribution is 2.38. The minimum Gasteiger partial charge on any atom is -0.497 e. The number of benzene rings is 1. The maximum atomic E-state index is 12.4. The van der Waals surface area contributed by atoms with E-state index >= 15 is 0 Å². The van der Waals surface area contributed by atoms with Gasteiger partial charge in [-0.2, -0.15) is 0 Å².